The van der Waals surface area contributed by atoms with Crippen LogP contribution in [0.2, 0.25) is 0 Å². The third kappa shape index (κ3) is 6.95. The van der Waals surface area contributed by atoms with E-state index in [0.29, 0.717) is 11.3 Å². The molecule has 0 aromatic carbocycles. The van der Waals surface area contributed by atoms with Gasteiger partial charge in [-0.3, -0.25) is 0 Å². The van der Waals surface area contributed by atoms with Crippen LogP contribution in [0.25, 0.3) is 0 Å². The molecule has 0 rings (SSSR count). The van der Waals surface area contributed by atoms with Gasteiger partial charge in [0.1, 0.15) is 0 Å². The zero-order chi connectivity index (χ0) is 11.6. The first-order chi connectivity index (χ1) is 5.97. The van der Waals surface area contributed by atoms with E-state index in [1.165, 1.54) is 6.42 Å². The standard InChI is InChI=1S/C12H24Cl2/c1-10(2,3)7-11(4,5)8-12(6,14)9-13/h7-9H2,1-6H3. The fraction of sp³-hybridized carbons (Fsp3) is 1.00. The number of halogens is 2. The highest BCUT2D eigenvalue weighted by Crippen LogP contribution is 2.41. The van der Waals surface area contributed by atoms with Crippen molar-refractivity contribution < 1.29 is 0 Å². The summed E-state index contributed by atoms with van der Waals surface area (Å²) < 4.78 is 0. The second-order valence-electron chi connectivity index (χ2n) is 6.63. The topological polar surface area (TPSA) is 0 Å². The van der Waals surface area contributed by atoms with Crippen molar-refractivity contribution in [3.05, 3.63) is 0 Å². The summed E-state index contributed by atoms with van der Waals surface area (Å²) >= 11 is 12.1. The quantitative estimate of drug-likeness (QED) is 0.600. The average molecular weight is 239 g/mol. The summed E-state index contributed by atoms with van der Waals surface area (Å²) in [4.78, 5) is -0.268. The monoisotopic (exact) mass is 238 g/mol. The predicted molar refractivity (Wildman–Crippen MR) is 67.4 cm³/mol. The molecule has 0 saturated carbocycles. The van der Waals surface area contributed by atoms with Crippen LogP contribution < -0.4 is 0 Å². The average Bonchev–Trinajstić information content (AvgIpc) is 1.78. The molecule has 0 amide bonds. The van der Waals surface area contributed by atoms with Gasteiger partial charge in [-0.05, 0) is 30.6 Å². The minimum atomic E-state index is -0.268. The van der Waals surface area contributed by atoms with Crippen molar-refractivity contribution in [2.75, 3.05) is 5.88 Å². The Balaban J connectivity index is 4.35. The van der Waals surface area contributed by atoms with E-state index in [0.717, 1.165) is 6.42 Å². The predicted octanol–water partition coefficient (Wildman–Crippen LogP) is 5.08. The van der Waals surface area contributed by atoms with Crippen molar-refractivity contribution in [3.63, 3.8) is 0 Å². The van der Waals surface area contributed by atoms with Crippen LogP contribution in [0.4, 0.5) is 0 Å². The first-order valence-electron chi connectivity index (χ1n) is 5.22. The van der Waals surface area contributed by atoms with E-state index in [1.54, 1.807) is 0 Å². The minimum absolute atomic E-state index is 0.254. The van der Waals surface area contributed by atoms with Gasteiger partial charge in [-0.2, -0.15) is 0 Å². The van der Waals surface area contributed by atoms with Crippen molar-refractivity contribution in [2.24, 2.45) is 10.8 Å². The summed E-state index contributed by atoms with van der Waals surface area (Å²) in [6, 6.07) is 0. The maximum Gasteiger partial charge on any atom is 0.0558 e. The van der Waals surface area contributed by atoms with Gasteiger partial charge in [-0.15, -0.1) is 23.2 Å². The molecule has 14 heavy (non-hydrogen) atoms. The summed E-state index contributed by atoms with van der Waals surface area (Å²) in [7, 11) is 0. The Hall–Kier alpha value is 0.580. The van der Waals surface area contributed by atoms with Gasteiger partial charge in [-0.1, -0.05) is 34.6 Å². The molecular weight excluding hydrogens is 215 g/mol. The van der Waals surface area contributed by atoms with Crippen LogP contribution in [0, 0.1) is 10.8 Å². The molecule has 0 nitrogen and oxygen atoms in total. The van der Waals surface area contributed by atoms with Gasteiger partial charge in [-0.25, -0.2) is 0 Å². The molecule has 0 aromatic rings. The maximum absolute atomic E-state index is 6.30. The molecule has 0 N–H and O–H groups in total. The third-order valence-electron chi connectivity index (χ3n) is 2.13. The molecule has 0 fully saturated rings. The van der Waals surface area contributed by atoms with E-state index >= 15 is 0 Å². The van der Waals surface area contributed by atoms with Crippen LogP contribution in [-0.4, -0.2) is 10.8 Å². The Morgan fingerprint density at radius 2 is 1.29 bits per heavy atom. The lowest BCUT2D eigenvalue weighted by molar-refractivity contribution is 0.186. The SMILES string of the molecule is CC(C)(C)CC(C)(C)CC(C)(Cl)CCl. The van der Waals surface area contributed by atoms with E-state index < -0.39 is 0 Å². The van der Waals surface area contributed by atoms with Crippen LogP contribution >= 0.6 is 23.2 Å². The minimum Gasteiger partial charge on any atom is -0.125 e. The van der Waals surface area contributed by atoms with Gasteiger partial charge in [0.2, 0.25) is 0 Å². The molecule has 1 atom stereocenters. The van der Waals surface area contributed by atoms with Crippen molar-refractivity contribution in [2.45, 2.75) is 59.3 Å². The summed E-state index contributed by atoms with van der Waals surface area (Å²) in [6.07, 6.45) is 2.13. The molecule has 0 aliphatic carbocycles. The smallest absolute Gasteiger partial charge is 0.0558 e. The van der Waals surface area contributed by atoms with Crippen LogP contribution in [0.15, 0.2) is 0 Å². The summed E-state index contributed by atoms with van der Waals surface area (Å²) in [6.45, 7) is 13.4. The molecule has 0 heterocycles. The van der Waals surface area contributed by atoms with Gasteiger partial charge in [0.25, 0.3) is 0 Å². The fourth-order valence-corrected chi connectivity index (χ4v) is 3.00. The number of alkyl halides is 2. The van der Waals surface area contributed by atoms with Crippen LogP contribution in [0.3, 0.4) is 0 Å². The molecular formula is C12H24Cl2. The molecule has 0 spiro atoms. The van der Waals surface area contributed by atoms with Crippen LogP contribution in [-0.2, 0) is 0 Å². The largest absolute Gasteiger partial charge is 0.125 e. The molecule has 0 aliphatic rings. The van der Waals surface area contributed by atoms with E-state index in [9.17, 15) is 0 Å². The highest BCUT2D eigenvalue weighted by molar-refractivity contribution is 6.30. The molecule has 0 aliphatic heterocycles. The number of rotatable bonds is 4. The van der Waals surface area contributed by atoms with Gasteiger partial charge in [0.15, 0.2) is 0 Å². The van der Waals surface area contributed by atoms with Crippen molar-refractivity contribution in [3.8, 4) is 0 Å². The normalized spacial score (nSPS) is 18.0. The first kappa shape index (κ1) is 14.6. The second kappa shape index (κ2) is 4.61. The fourth-order valence-electron chi connectivity index (χ4n) is 2.54. The van der Waals surface area contributed by atoms with E-state index in [4.69, 9.17) is 23.2 Å². The van der Waals surface area contributed by atoms with Gasteiger partial charge in [0.05, 0.1) is 4.87 Å². The summed E-state index contributed by atoms with van der Waals surface area (Å²) in [5.41, 5.74) is 0.604. The molecule has 2 heteroatoms. The lowest BCUT2D eigenvalue weighted by Crippen LogP contribution is -2.31. The maximum atomic E-state index is 6.30. The number of hydrogen-bond acceptors (Lipinski definition) is 0. The molecule has 0 saturated heterocycles. The Bertz CT molecular complexity index is 175. The molecule has 0 aromatic heterocycles. The van der Waals surface area contributed by atoms with Gasteiger partial charge in [0, 0.05) is 5.88 Å². The Labute approximate surface area is 99.4 Å². The molecule has 0 bridgehead atoms. The molecule has 0 radical (unpaired) electrons. The Morgan fingerprint density at radius 1 is 0.857 bits per heavy atom. The van der Waals surface area contributed by atoms with Crippen molar-refractivity contribution in [1.29, 1.82) is 0 Å². The highest BCUT2D eigenvalue weighted by Gasteiger charge is 2.33. The Kier molecular flexibility index (Phi) is 4.81. The molecule has 1 unspecified atom stereocenters. The van der Waals surface area contributed by atoms with Crippen molar-refractivity contribution >= 4 is 23.2 Å². The van der Waals surface area contributed by atoms with Crippen LogP contribution in [0.1, 0.15) is 54.4 Å². The first-order valence-corrected chi connectivity index (χ1v) is 6.14. The lowest BCUT2D eigenvalue weighted by atomic mass is 9.72. The van der Waals surface area contributed by atoms with Gasteiger partial charge >= 0.3 is 0 Å². The highest BCUT2D eigenvalue weighted by atomic mass is 35.5. The number of hydrogen-bond donors (Lipinski definition) is 0. The zero-order valence-electron chi connectivity index (χ0n) is 10.4. The van der Waals surface area contributed by atoms with Gasteiger partial charge < -0.3 is 0 Å². The van der Waals surface area contributed by atoms with Crippen LogP contribution in [0.5, 0.6) is 0 Å². The summed E-state index contributed by atoms with van der Waals surface area (Å²) in [5, 5.41) is 0. The zero-order valence-corrected chi connectivity index (χ0v) is 11.9. The van der Waals surface area contributed by atoms with Crippen molar-refractivity contribution in [1.82, 2.24) is 0 Å². The van der Waals surface area contributed by atoms with E-state index in [1.807, 2.05) is 6.92 Å². The van der Waals surface area contributed by atoms with E-state index in [-0.39, 0.29) is 10.3 Å². The Morgan fingerprint density at radius 3 is 1.57 bits per heavy atom. The second-order valence-corrected chi connectivity index (χ2v) is 7.81. The van der Waals surface area contributed by atoms with E-state index in [2.05, 4.69) is 34.6 Å². The molecule has 86 valence electrons. The third-order valence-corrected chi connectivity index (χ3v) is 3.13. The summed E-state index contributed by atoms with van der Waals surface area (Å²) in [5.74, 6) is 0.516. The lowest BCUT2D eigenvalue weighted by Gasteiger charge is -2.36.